The molecule has 2 amide bonds. The summed E-state index contributed by atoms with van der Waals surface area (Å²) in [5.74, 6) is -0.442. The third-order valence-electron chi connectivity index (χ3n) is 3.08. The van der Waals surface area contributed by atoms with Crippen molar-refractivity contribution in [3.05, 3.63) is 29.8 Å². The minimum Gasteiger partial charge on any atom is -0.352 e. The lowest BCUT2D eigenvalue weighted by Gasteiger charge is -2.13. The van der Waals surface area contributed by atoms with Gasteiger partial charge in [-0.2, -0.15) is 0 Å². The summed E-state index contributed by atoms with van der Waals surface area (Å²) in [7, 11) is 0. The molecule has 5 heteroatoms. The highest BCUT2D eigenvalue weighted by Crippen LogP contribution is 2.13. The van der Waals surface area contributed by atoms with Gasteiger partial charge in [-0.15, -0.1) is 0 Å². The Balaban J connectivity index is 2.73. The van der Waals surface area contributed by atoms with Crippen molar-refractivity contribution in [2.45, 2.75) is 26.7 Å². The molecule has 0 aromatic heterocycles. The summed E-state index contributed by atoms with van der Waals surface area (Å²) in [5, 5.41) is 5.60. The summed E-state index contributed by atoms with van der Waals surface area (Å²) in [6.45, 7) is 4.87. The summed E-state index contributed by atoms with van der Waals surface area (Å²) in [5.41, 5.74) is 6.70. The van der Waals surface area contributed by atoms with Crippen LogP contribution in [0.5, 0.6) is 0 Å². The van der Waals surface area contributed by atoms with Crippen LogP contribution in [0.15, 0.2) is 24.3 Å². The minimum atomic E-state index is -0.201. The van der Waals surface area contributed by atoms with Gasteiger partial charge in [0.15, 0.2) is 0 Å². The lowest BCUT2D eigenvalue weighted by molar-refractivity contribution is -0.119. The van der Waals surface area contributed by atoms with Gasteiger partial charge in [-0.05, 0) is 31.0 Å². The van der Waals surface area contributed by atoms with Crippen LogP contribution in [0.4, 0.5) is 5.69 Å². The number of nitrogens with two attached hydrogens (primary N) is 1. The van der Waals surface area contributed by atoms with E-state index in [1.54, 1.807) is 24.3 Å². The molecule has 1 aromatic rings. The maximum atomic E-state index is 11.9. The van der Waals surface area contributed by atoms with E-state index < -0.39 is 0 Å². The van der Waals surface area contributed by atoms with Crippen molar-refractivity contribution in [2.75, 3.05) is 18.4 Å². The van der Waals surface area contributed by atoms with Gasteiger partial charge in [0.2, 0.25) is 5.91 Å². The van der Waals surface area contributed by atoms with Gasteiger partial charge in [0.05, 0.1) is 5.92 Å². The molecule has 4 N–H and O–H groups in total. The zero-order chi connectivity index (χ0) is 15.0. The number of carbonyl (C=O) groups excluding carboxylic acids is 2. The number of anilines is 1. The van der Waals surface area contributed by atoms with Gasteiger partial charge < -0.3 is 16.4 Å². The lowest BCUT2D eigenvalue weighted by atomic mass is 10.1. The van der Waals surface area contributed by atoms with Crippen LogP contribution in [-0.4, -0.2) is 24.9 Å². The zero-order valence-corrected chi connectivity index (χ0v) is 12.1. The normalized spacial score (nSPS) is 11.8. The summed E-state index contributed by atoms with van der Waals surface area (Å²) in [6, 6.07) is 6.91. The molecule has 20 heavy (non-hydrogen) atoms. The average Bonchev–Trinajstić information content (AvgIpc) is 2.46. The summed E-state index contributed by atoms with van der Waals surface area (Å²) in [6.07, 6.45) is 1.58. The van der Waals surface area contributed by atoms with E-state index in [0.29, 0.717) is 30.8 Å². The highest BCUT2D eigenvalue weighted by molar-refractivity contribution is 5.97. The molecule has 0 saturated heterocycles. The van der Waals surface area contributed by atoms with Crippen molar-refractivity contribution >= 4 is 17.5 Å². The molecule has 5 nitrogen and oxygen atoms in total. The molecule has 0 saturated carbocycles. The van der Waals surface area contributed by atoms with E-state index in [0.717, 1.165) is 6.42 Å². The van der Waals surface area contributed by atoms with Gasteiger partial charge >= 0.3 is 0 Å². The number of nitrogens with one attached hydrogen (secondary N) is 2. The molecule has 0 aliphatic rings. The Morgan fingerprint density at radius 1 is 1.30 bits per heavy atom. The number of amides is 2. The van der Waals surface area contributed by atoms with Gasteiger partial charge in [-0.25, -0.2) is 0 Å². The fourth-order valence-electron chi connectivity index (χ4n) is 1.78. The maximum Gasteiger partial charge on any atom is 0.251 e. The second-order valence-electron chi connectivity index (χ2n) is 4.67. The first-order chi connectivity index (χ1) is 9.62. The molecule has 1 aromatic carbocycles. The quantitative estimate of drug-likeness (QED) is 0.710. The first-order valence-corrected chi connectivity index (χ1v) is 7.01. The second-order valence-corrected chi connectivity index (χ2v) is 4.67. The van der Waals surface area contributed by atoms with Crippen molar-refractivity contribution in [1.29, 1.82) is 0 Å². The van der Waals surface area contributed by atoms with Crippen molar-refractivity contribution < 1.29 is 9.59 Å². The molecule has 0 radical (unpaired) electrons. The minimum absolute atomic E-state index is 0.110. The molecule has 0 fully saturated rings. The average molecular weight is 277 g/mol. The van der Waals surface area contributed by atoms with Crippen LogP contribution in [-0.2, 0) is 4.79 Å². The molecular formula is C15H23N3O2. The van der Waals surface area contributed by atoms with Gasteiger partial charge in [-0.1, -0.05) is 19.9 Å². The highest BCUT2D eigenvalue weighted by atomic mass is 16.2. The zero-order valence-electron chi connectivity index (χ0n) is 12.1. The van der Waals surface area contributed by atoms with E-state index in [2.05, 4.69) is 10.6 Å². The SMILES string of the molecule is CCCNC(=O)c1cccc(NC(=O)C(CC)CN)c1. The third-order valence-corrected chi connectivity index (χ3v) is 3.08. The first-order valence-electron chi connectivity index (χ1n) is 7.01. The van der Waals surface area contributed by atoms with Crippen LogP contribution in [0.1, 0.15) is 37.0 Å². The van der Waals surface area contributed by atoms with E-state index in [1.165, 1.54) is 0 Å². The molecule has 0 spiro atoms. The van der Waals surface area contributed by atoms with Crippen molar-refractivity contribution in [3.63, 3.8) is 0 Å². The molecule has 110 valence electrons. The largest absolute Gasteiger partial charge is 0.352 e. The van der Waals surface area contributed by atoms with Crippen molar-refractivity contribution in [3.8, 4) is 0 Å². The van der Waals surface area contributed by atoms with Gasteiger partial charge in [-0.3, -0.25) is 9.59 Å². The highest BCUT2D eigenvalue weighted by Gasteiger charge is 2.15. The molecule has 1 unspecified atom stereocenters. The lowest BCUT2D eigenvalue weighted by Crippen LogP contribution is -2.29. The number of rotatable bonds is 7. The maximum absolute atomic E-state index is 11.9. The molecule has 1 atom stereocenters. The monoisotopic (exact) mass is 277 g/mol. The Bertz CT molecular complexity index is 456. The Morgan fingerprint density at radius 2 is 2.05 bits per heavy atom. The standard InChI is InChI=1S/C15H23N3O2/c1-3-8-17-14(19)12-6-5-7-13(9-12)18-15(20)11(4-2)10-16/h5-7,9,11H,3-4,8,10,16H2,1-2H3,(H,17,19)(H,18,20). The van der Waals surface area contributed by atoms with Crippen molar-refractivity contribution in [2.24, 2.45) is 11.7 Å². The van der Waals surface area contributed by atoms with Crippen LogP contribution >= 0.6 is 0 Å². The van der Waals surface area contributed by atoms with Crippen LogP contribution < -0.4 is 16.4 Å². The summed E-state index contributed by atoms with van der Waals surface area (Å²) >= 11 is 0. The fourth-order valence-corrected chi connectivity index (χ4v) is 1.78. The number of hydrogen-bond donors (Lipinski definition) is 3. The Kier molecular flexibility index (Phi) is 6.73. The Morgan fingerprint density at radius 3 is 2.65 bits per heavy atom. The van der Waals surface area contributed by atoms with Gasteiger partial charge in [0.25, 0.3) is 5.91 Å². The molecular weight excluding hydrogens is 254 g/mol. The van der Waals surface area contributed by atoms with E-state index in [1.807, 2.05) is 13.8 Å². The van der Waals surface area contributed by atoms with Crippen LogP contribution in [0, 0.1) is 5.92 Å². The number of hydrogen-bond acceptors (Lipinski definition) is 3. The second kappa shape index (κ2) is 8.32. The van der Waals surface area contributed by atoms with Gasteiger partial charge in [0.1, 0.15) is 0 Å². The number of carbonyl (C=O) groups is 2. The molecule has 0 bridgehead atoms. The number of benzene rings is 1. The van der Waals surface area contributed by atoms with E-state index >= 15 is 0 Å². The predicted molar refractivity (Wildman–Crippen MR) is 80.5 cm³/mol. The summed E-state index contributed by atoms with van der Waals surface area (Å²) < 4.78 is 0. The van der Waals surface area contributed by atoms with E-state index in [4.69, 9.17) is 5.73 Å². The molecule has 1 rings (SSSR count). The van der Waals surface area contributed by atoms with E-state index in [-0.39, 0.29) is 17.7 Å². The first kappa shape index (κ1) is 16.2. The van der Waals surface area contributed by atoms with Gasteiger partial charge in [0, 0.05) is 24.3 Å². The molecule has 0 heterocycles. The third kappa shape index (κ3) is 4.66. The Labute approximate surface area is 119 Å². The van der Waals surface area contributed by atoms with Crippen LogP contribution in [0.2, 0.25) is 0 Å². The van der Waals surface area contributed by atoms with Crippen LogP contribution in [0.25, 0.3) is 0 Å². The smallest absolute Gasteiger partial charge is 0.251 e. The predicted octanol–water partition coefficient (Wildman–Crippen LogP) is 1.75. The van der Waals surface area contributed by atoms with E-state index in [9.17, 15) is 9.59 Å². The summed E-state index contributed by atoms with van der Waals surface area (Å²) in [4.78, 5) is 23.8. The molecule has 0 aliphatic heterocycles. The topological polar surface area (TPSA) is 84.2 Å². The van der Waals surface area contributed by atoms with Crippen LogP contribution in [0.3, 0.4) is 0 Å². The van der Waals surface area contributed by atoms with Crippen molar-refractivity contribution in [1.82, 2.24) is 5.32 Å². The Hall–Kier alpha value is -1.88. The molecule has 0 aliphatic carbocycles. The fraction of sp³-hybridized carbons (Fsp3) is 0.467.